The van der Waals surface area contributed by atoms with E-state index in [4.69, 9.17) is 28.2 Å². The van der Waals surface area contributed by atoms with Gasteiger partial charge in [0.25, 0.3) is 0 Å². The number of methoxy groups -OCH3 is 3. The first-order valence-electron chi connectivity index (χ1n) is 12.6. The molecule has 0 bridgehead atoms. The van der Waals surface area contributed by atoms with Gasteiger partial charge in [-0.3, -0.25) is 15.1 Å². The van der Waals surface area contributed by atoms with Gasteiger partial charge in [-0.05, 0) is 48.4 Å². The number of hydrogen-bond acceptors (Lipinski definition) is 9. The second kappa shape index (κ2) is 13.9. The molecule has 3 aromatic carbocycles. The predicted octanol–water partition coefficient (Wildman–Crippen LogP) is 5.87. The summed E-state index contributed by atoms with van der Waals surface area (Å²) in [6, 6.07) is 22.9. The molecule has 0 aliphatic carbocycles. The van der Waals surface area contributed by atoms with Crippen molar-refractivity contribution < 1.29 is 33.0 Å². The van der Waals surface area contributed by atoms with Crippen LogP contribution in [0.4, 0.5) is 0 Å². The molecule has 9 nitrogen and oxygen atoms in total. The Hall–Kier alpha value is -4.76. The molecular formula is C31H32N2O7. The number of esters is 1. The van der Waals surface area contributed by atoms with Crippen molar-refractivity contribution in [3.8, 4) is 28.7 Å². The highest BCUT2D eigenvalue weighted by Gasteiger charge is 2.18. The Morgan fingerprint density at radius 1 is 0.925 bits per heavy atom. The van der Waals surface area contributed by atoms with Crippen LogP contribution in [0.15, 0.2) is 83.3 Å². The maximum Gasteiger partial charge on any atom is 0.309 e. The molecule has 0 saturated carbocycles. The predicted molar refractivity (Wildman–Crippen MR) is 150 cm³/mol. The average Bonchev–Trinajstić information content (AvgIpc) is 3.38. The van der Waals surface area contributed by atoms with Crippen molar-refractivity contribution in [2.24, 2.45) is 0 Å². The topological polar surface area (TPSA) is 101 Å². The number of ether oxygens (including phenoxy) is 4. The van der Waals surface area contributed by atoms with E-state index < -0.39 is 0 Å². The molecule has 0 radical (unpaired) electrons. The molecule has 0 atom stereocenters. The van der Waals surface area contributed by atoms with E-state index in [0.29, 0.717) is 40.3 Å². The molecule has 40 heavy (non-hydrogen) atoms. The third kappa shape index (κ3) is 7.21. The summed E-state index contributed by atoms with van der Waals surface area (Å²) in [4.78, 5) is 22.0. The van der Waals surface area contributed by atoms with Crippen LogP contribution in [0, 0.1) is 6.92 Å². The van der Waals surface area contributed by atoms with Crippen LogP contribution in [0.5, 0.6) is 17.2 Å². The number of carbonyl (C=O) groups excluding carboxylic acids is 1. The van der Waals surface area contributed by atoms with Crippen molar-refractivity contribution in [2.75, 3.05) is 21.3 Å². The van der Waals surface area contributed by atoms with Crippen LogP contribution >= 0.6 is 0 Å². The van der Waals surface area contributed by atoms with E-state index in [2.05, 4.69) is 10.5 Å². The van der Waals surface area contributed by atoms with Crippen molar-refractivity contribution in [3.05, 3.63) is 101 Å². The number of benzene rings is 3. The van der Waals surface area contributed by atoms with Gasteiger partial charge in [-0.2, -0.15) is 0 Å². The Bertz CT molecular complexity index is 1410. The highest BCUT2D eigenvalue weighted by atomic mass is 16.6. The van der Waals surface area contributed by atoms with Gasteiger partial charge in [-0.15, -0.1) is 0 Å². The summed E-state index contributed by atoms with van der Waals surface area (Å²) in [5, 5.41) is 0. The van der Waals surface area contributed by atoms with Gasteiger partial charge >= 0.3 is 5.97 Å². The Balaban J connectivity index is 1.46. The number of carbonyl (C=O) groups is 1. The first-order valence-corrected chi connectivity index (χ1v) is 12.6. The Labute approximate surface area is 233 Å². The number of rotatable bonds is 13. The van der Waals surface area contributed by atoms with E-state index in [1.807, 2.05) is 79.7 Å². The maximum absolute atomic E-state index is 11.7. The summed E-state index contributed by atoms with van der Waals surface area (Å²) in [7, 11) is 4.47. The van der Waals surface area contributed by atoms with Crippen LogP contribution in [-0.4, -0.2) is 32.3 Å². The SMILES string of the molecule is COC(=O)CC=C(NOCc1cc(OC)c(OCc2nc(-c3ccccc3)oc2C)c(OC)c1)c1ccccc1. The molecule has 0 amide bonds. The lowest BCUT2D eigenvalue weighted by atomic mass is 10.1. The summed E-state index contributed by atoms with van der Waals surface area (Å²) in [6.07, 6.45) is 1.82. The van der Waals surface area contributed by atoms with E-state index in [1.165, 1.54) is 7.11 Å². The van der Waals surface area contributed by atoms with Crippen LogP contribution in [0.1, 0.15) is 29.0 Å². The van der Waals surface area contributed by atoms with Gasteiger partial charge in [0.15, 0.2) is 11.5 Å². The third-order valence-corrected chi connectivity index (χ3v) is 5.99. The minimum Gasteiger partial charge on any atom is -0.493 e. The van der Waals surface area contributed by atoms with Gasteiger partial charge < -0.3 is 23.4 Å². The summed E-state index contributed by atoms with van der Waals surface area (Å²) >= 11 is 0. The Kier molecular flexibility index (Phi) is 9.79. The lowest BCUT2D eigenvalue weighted by Crippen LogP contribution is -2.14. The quantitative estimate of drug-likeness (QED) is 0.164. The summed E-state index contributed by atoms with van der Waals surface area (Å²) in [5.74, 6) is 2.25. The molecule has 1 heterocycles. The molecule has 1 N–H and O–H groups in total. The van der Waals surface area contributed by atoms with E-state index >= 15 is 0 Å². The zero-order valence-corrected chi connectivity index (χ0v) is 22.9. The molecule has 0 spiro atoms. The summed E-state index contributed by atoms with van der Waals surface area (Å²) in [6.45, 7) is 2.19. The highest BCUT2D eigenvalue weighted by molar-refractivity contribution is 5.74. The number of nitrogens with zero attached hydrogens (tertiary/aromatic N) is 1. The molecule has 9 heteroatoms. The first kappa shape index (κ1) is 28.3. The number of aromatic nitrogens is 1. The fourth-order valence-corrected chi connectivity index (χ4v) is 3.87. The van der Waals surface area contributed by atoms with Crippen molar-refractivity contribution in [2.45, 2.75) is 26.6 Å². The average molecular weight is 545 g/mol. The van der Waals surface area contributed by atoms with Crippen LogP contribution in [0.25, 0.3) is 17.2 Å². The van der Waals surface area contributed by atoms with Crippen molar-refractivity contribution in [3.63, 3.8) is 0 Å². The first-order chi connectivity index (χ1) is 19.5. The second-order valence-corrected chi connectivity index (χ2v) is 8.66. The second-order valence-electron chi connectivity index (χ2n) is 8.66. The lowest BCUT2D eigenvalue weighted by molar-refractivity contribution is -0.139. The fraction of sp³-hybridized carbons (Fsp3) is 0.226. The van der Waals surface area contributed by atoms with Gasteiger partial charge in [0.1, 0.15) is 18.1 Å². The van der Waals surface area contributed by atoms with E-state index in [1.54, 1.807) is 20.3 Å². The van der Waals surface area contributed by atoms with Gasteiger partial charge in [-0.25, -0.2) is 4.98 Å². The number of nitrogens with one attached hydrogen (secondary N) is 1. The Morgan fingerprint density at radius 3 is 2.20 bits per heavy atom. The minimum absolute atomic E-state index is 0.0998. The van der Waals surface area contributed by atoms with Crippen LogP contribution in [0.2, 0.25) is 0 Å². The van der Waals surface area contributed by atoms with Crippen LogP contribution < -0.4 is 19.7 Å². The van der Waals surface area contributed by atoms with Crippen molar-refractivity contribution in [1.82, 2.24) is 10.5 Å². The summed E-state index contributed by atoms with van der Waals surface area (Å²) in [5.41, 5.74) is 6.79. The zero-order valence-electron chi connectivity index (χ0n) is 22.9. The molecular weight excluding hydrogens is 512 g/mol. The molecule has 0 unspecified atom stereocenters. The van der Waals surface area contributed by atoms with Crippen LogP contribution in [-0.2, 0) is 27.6 Å². The standard InChI is InChI=1S/C31H32N2O7/c1-21-26(32-31(40-21)24-13-9-6-10-14-24)20-38-30-27(35-2)17-22(18-28(30)36-3)19-39-33-25(15-16-29(34)37-4)23-11-7-5-8-12-23/h5-15,17-18,33H,16,19-20H2,1-4H3. The largest absolute Gasteiger partial charge is 0.493 e. The number of hydrogen-bond donors (Lipinski definition) is 1. The maximum atomic E-state index is 11.7. The highest BCUT2D eigenvalue weighted by Crippen LogP contribution is 2.39. The van der Waals surface area contributed by atoms with E-state index in [-0.39, 0.29) is 25.6 Å². The van der Waals surface area contributed by atoms with Gasteiger partial charge in [0.2, 0.25) is 11.6 Å². The molecule has 208 valence electrons. The molecule has 0 aliphatic rings. The zero-order chi connectivity index (χ0) is 28.3. The molecule has 0 saturated heterocycles. The monoisotopic (exact) mass is 544 g/mol. The molecule has 0 aliphatic heterocycles. The van der Waals surface area contributed by atoms with Gasteiger partial charge in [-0.1, -0.05) is 48.5 Å². The summed E-state index contributed by atoms with van der Waals surface area (Å²) < 4.78 is 27.9. The fourth-order valence-electron chi connectivity index (χ4n) is 3.87. The third-order valence-electron chi connectivity index (χ3n) is 5.99. The minimum atomic E-state index is -0.350. The number of oxazole rings is 1. The molecule has 4 rings (SSSR count). The smallest absolute Gasteiger partial charge is 0.309 e. The van der Waals surface area contributed by atoms with E-state index in [9.17, 15) is 4.79 Å². The van der Waals surface area contributed by atoms with Gasteiger partial charge in [0, 0.05) is 5.56 Å². The lowest BCUT2D eigenvalue weighted by Gasteiger charge is -2.16. The van der Waals surface area contributed by atoms with Gasteiger partial charge in [0.05, 0.1) is 40.1 Å². The van der Waals surface area contributed by atoms with Crippen molar-refractivity contribution in [1.29, 1.82) is 0 Å². The Morgan fingerprint density at radius 2 is 1.57 bits per heavy atom. The number of aryl methyl sites for hydroxylation is 1. The van der Waals surface area contributed by atoms with Crippen LogP contribution in [0.3, 0.4) is 0 Å². The molecule has 4 aromatic rings. The normalized spacial score (nSPS) is 11.2. The van der Waals surface area contributed by atoms with E-state index in [0.717, 1.165) is 16.7 Å². The molecule has 1 aromatic heterocycles. The molecule has 0 fully saturated rings. The van der Waals surface area contributed by atoms with Crippen molar-refractivity contribution >= 4 is 11.7 Å². The number of hydroxylamine groups is 1.